The number of hydrogen-bond acceptors (Lipinski definition) is 4. The molecule has 0 spiro atoms. The number of fused-ring (bicyclic) bond motifs is 1. The van der Waals surface area contributed by atoms with Gasteiger partial charge in [-0.2, -0.15) is 5.10 Å². The minimum Gasteiger partial charge on any atom is -0.372 e. The van der Waals surface area contributed by atoms with Crippen LogP contribution in [0.4, 0.5) is 5.69 Å². The third kappa shape index (κ3) is 1.98. The fraction of sp³-hybridized carbons (Fsp3) is 0.500. The molecule has 2 aromatic heterocycles. The van der Waals surface area contributed by atoms with Crippen molar-refractivity contribution in [3.8, 4) is 0 Å². The molecule has 0 saturated carbocycles. The van der Waals surface area contributed by atoms with Crippen molar-refractivity contribution >= 4 is 11.2 Å². The van der Waals surface area contributed by atoms with Gasteiger partial charge in [0.05, 0.1) is 35.8 Å². The van der Waals surface area contributed by atoms with E-state index in [2.05, 4.69) is 34.9 Å². The van der Waals surface area contributed by atoms with E-state index in [4.69, 9.17) is 4.74 Å². The maximum atomic E-state index is 5.74. The van der Waals surface area contributed by atoms with Crippen molar-refractivity contribution in [2.45, 2.75) is 26.1 Å². The summed E-state index contributed by atoms with van der Waals surface area (Å²) in [5.41, 5.74) is 2.21. The Morgan fingerprint density at radius 2 is 2.06 bits per heavy atom. The third-order valence-corrected chi connectivity index (χ3v) is 3.05. The highest BCUT2D eigenvalue weighted by atomic mass is 16.5. The second-order valence-electron chi connectivity index (χ2n) is 4.64. The van der Waals surface area contributed by atoms with Crippen molar-refractivity contribution in [2.75, 3.05) is 18.0 Å². The highest BCUT2D eigenvalue weighted by molar-refractivity contribution is 5.60. The highest BCUT2D eigenvalue weighted by Gasteiger charge is 2.23. The SMILES string of the molecule is C[C@@H]1CN(c2cc3cncnn3c2)C[C@@H](C)O1. The number of rotatable bonds is 1. The van der Waals surface area contributed by atoms with Crippen LogP contribution in [0.25, 0.3) is 5.52 Å². The second-order valence-corrected chi connectivity index (χ2v) is 4.64. The first kappa shape index (κ1) is 10.5. The molecule has 5 nitrogen and oxygen atoms in total. The highest BCUT2D eigenvalue weighted by Crippen LogP contribution is 2.22. The Morgan fingerprint density at radius 3 is 2.76 bits per heavy atom. The van der Waals surface area contributed by atoms with E-state index in [0.29, 0.717) is 0 Å². The molecule has 3 heterocycles. The van der Waals surface area contributed by atoms with Crippen LogP contribution in [0.5, 0.6) is 0 Å². The molecule has 5 heteroatoms. The minimum absolute atomic E-state index is 0.271. The van der Waals surface area contributed by atoms with Crippen molar-refractivity contribution in [2.24, 2.45) is 0 Å². The number of nitrogens with zero attached hydrogens (tertiary/aromatic N) is 4. The van der Waals surface area contributed by atoms with Gasteiger partial charge in [0.2, 0.25) is 0 Å². The van der Waals surface area contributed by atoms with E-state index < -0.39 is 0 Å². The Kier molecular flexibility index (Phi) is 2.48. The molecule has 0 unspecified atom stereocenters. The van der Waals surface area contributed by atoms with Gasteiger partial charge in [-0.3, -0.25) is 0 Å². The minimum atomic E-state index is 0.271. The fourth-order valence-corrected chi connectivity index (χ4v) is 2.41. The first-order valence-corrected chi connectivity index (χ1v) is 5.91. The summed E-state index contributed by atoms with van der Waals surface area (Å²) < 4.78 is 7.59. The monoisotopic (exact) mass is 232 g/mol. The molecular weight excluding hydrogens is 216 g/mol. The number of ether oxygens (including phenoxy) is 1. The Hall–Kier alpha value is -1.62. The van der Waals surface area contributed by atoms with E-state index in [0.717, 1.165) is 18.6 Å². The van der Waals surface area contributed by atoms with E-state index in [9.17, 15) is 0 Å². The van der Waals surface area contributed by atoms with Crippen LogP contribution in [0.15, 0.2) is 24.8 Å². The van der Waals surface area contributed by atoms with Gasteiger partial charge in [0, 0.05) is 13.1 Å². The van der Waals surface area contributed by atoms with Gasteiger partial charge in [-0.05, 0) is 19.9 Å². The lowest BCUT2D eigenvalue weighted by Crippen LogP contribution is -2.45. The van der Waals surface area contributed by atoms with E-state index >= 15 is 0 Å². The van der Waals surface area contributed by atoms with Gasteiger partial charge < -0.3 is 9.64 Å². The summed E-state index contributed by atoms with van der Waals surface area (Å²) >= 11 is 0. The molecule has 0 aromatic carbocycles. The van der Waals surface area contributed by atoms with Gasteiger partial charge in [0.25, 0.3) is 0 Å². The number of morpholine rings is 1. The molecule has 17 heavy (non-hydrogen) atoms. The maximum absolute atomic E-state index is 5.74. The van der Waals surface area contributed by atoms with Crippen LogP contribution >= 0.6 is 0 Å². The summed E-state index contributed by atoms with van der Waals surface area (Å²) in [7, 11) is 0. The lowest BCUT2D eigenvalue weighted by atomic mass is 10.2. The molecule has 0 radical (unpaired) electrons. The van der Waals surface area contributed by atoms with Gasteiger partial charge >= 0.3 is 0 Å². The number of anilines is 1. The third-order valence-electron chi connectivity index (χ3n) is 3.05. The molecule has 1 aliphatic heterocycles. The van der Waals surface area contributed by atoms with Crippen LogP contribution in [0.3, 0.4) is 0 Å². The Labute approximate surface area is 100 Å². The summed E-state index contributed by atoms with van der Waals surface area (Å²) in [6.07, 6.45) is 5.97. The number of aromatic nitrogens is 3. The standard InChI is InChI=1S/C12H16N4O/c1-9-5-15(6-10(2)17-9)12-3-11-4-13-8-14-16(11)7-12/h3-4,7-10H,5-6H2,1-2H3/t9-,10-/m1/s1. The summed E-state index contributed by atoms with van der Waals surface area (Å²) in [4.78, 5) is 6.37. The number of hydrogen-bond donors (Lipinski definition) is 0. The zero-order valence-electron chi connectivity index (χ0n) is 10.1. The van der Waals surface area contributed by atoms with Crippen molar-refractivity contribution < 1.29 is 4.74 Å². The molecule has 2 aromatic rings. The van der Waals surface area contributed by atoms with Crippen LogP contribution in [0, 0.1) is 0 Å². The lowest BCUT2D eigenvalue weighted by molar-refractivity contribution is -0.00521. The second kappa shape index (κ2) is 4.00. The fourth-order valence-electron chi connectivity index (χ4n) is 2.41. The smallest absolute Gasteiger partial charge is 0.136 e. The first-order chi connectivity index (χ1) is 8.22. The van der Waals surface area contributed by atoms with Crippen LogP contribution in [-0.2, 0) is 4.74 Å². The summed E-state index contributed by atoms with van der Waals surface area (Å²) in [6.45, 7) is 6.07. The van der Waals surface area contributed by atoms with Gasteiger partial charge in [-0.25, -0.2) is 9.50 Å². The van der Waals surface area contributed by atoms with Gasteiger partial charge in [0.15, 0.2) is 0 Å². The molecule has 1 saturated heterocycles. The van der Waals surface area contributed by atoms with Gasteiger partial charge in [0.1, 0.15) is 6.33 Å². The Morgan fingerprint density at radius 1 is 1.29 bits per heavy atom. The molecule has 0 N–H and O–H groups in total. The lowest BCUT2D eigenvalue weighted by Gasteiger charge is -2.36. The largest absolute Gasteiger partial charge is 0.372 e. The summed E-state index contributed by atoms with van der Waals surface area (Å²) in [5.74, 6) is 0. The van der Waals surface area contributed by atoms with Crippen LogP contribution in [0.1, 0.15) is 13.8 Å². The quantitative estimate of drug-likeness (QED) is 0.744. The molecule has 0 aliphatic carbocycles. The molecule has 2 atom stereocenters. The summed E-state index contributed by atoms with van der Waals surface area (Å²) in [5, 5.41) is 4.18. The predicted molar refractivity (Wildman–Crippen MR) is 65.2 cm³/mol. The zero-order chi connectivity index (χ0) is 11.8. The molecule has 0 bridgehead atoms. The van der Waals surface area contributed by atoms with E-state index in [1.165, 1.54) is 5.69 Å². The van der Waals surface area contributed by atoms with Crippen molar-refractivity contribution in [1.82, 2.24) is 14.6 Å². The molecule has 0 amide bonds. The van der Waals surface area contributed by atoms with Crippen molar-refractivity contribution in [3.05, 3.63) is 24.8 Å². The van der Waals surface area contributed by atoms with E-state index in [1.807, 2.05) is 16.9 Å². The van der Waals surface area contributed by atoms with Crippen molar-refractivity contribution in [1.29, 1.82) is 0 Å². The average molecular weight is 232 g/mol. The predicted octanol–water partition coefficient (Wildman–Crippen LogP) is 1.34. The zero-order valence-corrected chi connectivity index (χ0v) is 10.1. The van der Waals surface area contributed by atoms with Crippen molar-refractivity contribution in [3.63, 3.8) is 0 Å². The topological polar surface area (TPSA) is 42.7 Å². The molecular formula is C12H16N4O. The van der Waals surface area contributed by atoms with Gasteiger partial charge in [-0.15, -0.1) is 0 Å². The summed E-state index contributed by atoms with van der Waals surface area (Å²) in [6, 6.07) is 2.12. The Balaban J connectivity index is 1.92. The van der Waals surface area contributed by atoms with E-state index in [-0.39, 0.29) is 12.2 Å². The van der Waals surface area contributed by atoms with Gasteiger partial charge in [-0.1, -0.05) is 0 Å². The molecule has 1 fully saturated rings. The normalized spacial score (nSPS) is 25.4. The average Bonchev–Trinajstić information content (AvgIpc) is 2.71. The Bertz CT molecular complexity index is 481. The molecule has 90 valence electrons. The first-order valence-electron chi connectivity index (χ1n) is 5.91. The van der Waals surface area contributed by atoms with Crippen LogP contribution in [-0.4, -0.2) is 39.9 Å². The molecule has 3 rings (SSSR count). The van der Waals surface area contributed by atoms with Crippen LogP contribution in [0.2, 0.25) is 0 Å². The van der Waals surface area contributed by atoms with E-state index in [1.54, 1.807) is 6.33 Å². The van der Waals surface area contributed by atoms with Crippen LogP contribution < -0.4 is 4.90 Å². The molecule has 1 aliphatic rings. The maximum Gasteiger partial charge on any atom is 0.136 e.